The first-order valence-corrected chi connectivity index (χ1v) is 8.95. The predicted octanol–water partition coefficient (Wildman–Crippen LogP) is 1.58. The van der Waals surface area contributed by atoms with Gasteiger partial charge in [-0.3, -0.25) is 19.3 Å². The first kappa shape index (κ1) is 17.7. The van der Waals surface area contributed by atoms with Crippen molar-refractivity contribution in [3.63, 3.8) is 0 Å². The van der Waals surface area contributed by atoms with E-state index in [2.05, 4.69) is 31.5 Å². The normalized spacial score (nSPS) is 26.0. The van der Waals surface area contributed by atoms with Gasteiger partial charge in [0.1, 0.15) is 17.8 Å². The number of carbonyl (C=O) groups excluding carboxylic acids is 3. The fourth-order valence-electron chi connectivity index (χ4n) is 3.52. The number of aromatic nitrogens is 1. The number of anilines is 1. The van der Waals surface area contributed by atoms with Gasteiger partial charge < -0.3 is 15.6 Å². The summed E-state index contributed by atoms with van der Waals surface area (Å²) in [6.45, 7) is 1.52. The smallest absolute Gasteiger partial charge is 0.325 e. The van der Waals surface area contributed by atoms with E-state index in [-0.39, 0.29) is 17.5 Å². The van der Waals surface area contributed by atoms with Gasteiger partial charge >= 0.3 is 6.03 Å². The van der Waals surface area contributed by atoms with Crippen LogP contribution in [0.15, 0.2) is 21.5 Å². The van der Waals surface area contributed by atoms with Gasteiger partial charge in [0.15, 0.2) is 0 Å². The number of H-pyrrole nitrogens is 1. The summed E-state index contributed by atoms with van der Waals surface area (Å²) in [6.07, 6.45) is 4.79. The van der Waals surface area contributed by atoms with Gasteiger partial charge in [-0.25, -0.2) is 4.79 Å². The van der Waals surface area contributed by atoms with E-state index in [1.807, 2.05) is 6.92 Å². The molecule has 0 bridgehead atoms. The number of pyridine rings is 1. The lowest BCUT2D eigenvalue weighted by molar-refractivity contribution is -0.136. The molecule has 25 heavy (non-hydrogen) atoms. The Morgan fingerprint density at radius 2 is 2.16 bits per heavy atom. The van der Waals surface area contributed by atoms with Gasteiger partial charge in [0.25, 0.3) is 11.5 Å². The maximum Gasteiger partial charge on any atom is 0.325 e. The van der Waals surface area contributed by atoms with Crippen molar-refractivity contribution in [2.75, 3.05) is 11.9 Å². The Kier molecular flexibility index (Phi) is 4.68. The molecular weight excluding hydrogens is 392 g/mol. The molecule has 1 aliphatic carbocycles. The van der Waals surface area contributed by atoms with Crippen LogP contribution in [-0.4, -0.2) is 39.8 Å². The zero-order chi connectivity index (χ0) is 18.2. The van der Waals surface area contributed by atoms with Crippen LogP contribution in [-0.2, 0) is 9.59 Å². The van der Waals surface area contributed by atoms with Crippen LogP contribution in [0.2, 0.25) is 0 Å². The highest BCUT2D eigenvalue weighted by Crippen LogP contribution is 2.38. The van der Waals surface area contributed by atoms with Crippen LogP contribution in [0, 0.1) is 5.92 Å². The van der Waals surface area contributed by atoms with Gasteiger partial charge in [0.2, 0.25) is 5.91 Å². The number of urea groups is 1. The molecule has 134 valence electrons. The van der Waals surface area contributed by atoms with Crippen molar-refractivity contribution in [3.05, 3.63) is 27.1 Å². The molecule has 8 nitrogen and oxygen atoms in total. The minimum Gasteiger partial charge on any atom is -0.326 e. The average molecular weight is 411 g/mol. The first-order valence-electron chi connectivity index (χ1n) is 8.16. The molecule has 4 amide bonds. The van der Waals surface area contributed by atoms with Crippen LogP contribution in [0.3, 0.4) is 0 Å². The summed E-state index contributed by atoms with van der Waals surface area (Å²) in [4.78, 5) is 52.4. The highest BCUT2D eigenvalue weighted by molar-refractivity contribution is 9.10. The zero-order valence-corrected chi connectivity index (χ0v) is 15.3. The summed E-state index contributed by atoms with van der Waals surface area (Å²) >= 11 is 3.20. The van der Waals surface area contributed by atoms with Gasteiger partial charge in [0.05, 0.1) is 0 Å². The van der Waals surface area contributed by atoms with Crippen LogP contribution in [0.25, 0.3) is 0 Å². The number of hydrogen-bond donors (Lipinski definition) is 3. The van der Waals surface area contributed by atoms with Crippen LogP contribution in [0.5, 0.6) is 0 Å². The van der Waals surface area contributed by atoms with E-state index in [4.69, 9.17) is 0 Å². The van der Waals surface area contributed by atoms with Gasteiger partial charge in [-0.05, 0) is 40.8 Å². The van der Waals surface area contributed by atoms with E-state index in [1.165, 1.54) is 12.3 Å². The maximum atomic E-state index is 12.8. The number of amides is 4. The van der Waals surface area contributed by atoms with Gasteiger partial charge in [-0.2, -0.15) is 0 Å². The number of carbonyl (C=O) groups is 3. The molecule has 1 saturated carbocycles. The summed E-state index contributed by atoms with van der Waals surface area (Å²) in [5.74, 6) is -0.936. The third-order valence-corrected chi connectivity index (χ3v) is 5.40. The molecular formula is C16H19BrN4O4. The van der Waals surface area contributed by atoms with E-state index in [0.29, 0.717) is 10.9 Å². The topological polar surface area (TPSA) is 111 Å². The molecule has 0 radical (unpaired) electrons. The quantitative estimate of drug-likeness (QED) is 0.656. The lowest BCUT2D eigenvalue weighted by atomic mass is 9.73. The van der Waals surface area contributed by atoms with Crippen molar-refractivity contribution in [3.8, 4) is 0 Å². The number of imide groups is 1. The van der Waals surface area contributed by atoms with Gasteiger partial charge in [-0.15, -0.1) is 0 Å². The lowest BCUT2D eigenvalue weighted by Crippen LogP contribution is -2.54. The number of halogens is 1. The molecule has 0 aromatic carbocycles. The highest BCUT2D eigenvalue weighted by atomic mass is 79.9. The van der Waals surface area contributed by atoms with Crippen molar-refractivity contribution in [1.82, 2.24) is 15.2 Å². The Morgan fingerprint density at radius 3 is 2.88 bits per heavy atom. The number of nitrogens with one attached hydrogen (secondary N) is 3. The third kappa shape index (κ3) is 3.20. The van der Waals surface area contributed by atoms with Crippen molar-refractivity contribution >= 4 is 39.5 Å². The zero-order valence-electron chi connectivity index (χ0n) is 13.7. The third-order valence-electron chi connectivity index (χ3n) is 4.95. The van der Waals surface area contributed by atoms with Gasteiger partial charge in [0, 0.05) is 10.7 Å². The number of aromatic amines is 1. The first-order chi connectivity index (χ1) is 11.8. The SMILES string of the molecule is CC1CCCCC12NC(=O)N(CC(=O)Nc1cc(Br)c[nH]c1=O)C2=O. The molecule has 1 aromatic rings. The molecule has 1 aromatic heterocycles. The molecule has 2 fully saturated rings. The Labute approximate surface area is 152 Å². The van der Waals surface area contributed by atoms with Crippen LogP contribution in [0.1, 0.15) is 32.6 Å². The Bertz CT molecular complexity index is 793. The second kappa shape index (κ2) is 6.62. The molecule has 3 rings (SSSR count). The molecule has 9 heteroatoms. The molecule has 1 saturated heterocycles. The Morgan fingerprint density at radius 1 is 1.40 bits per heavy atom. The fraction of sp³-hybridized carbons (Fsp3) is 0.500. The summed E-state index contributed by atoms with van der Waals surface area (Å²) < 4.78 is 0.590. The number of nitrogens with zero attached hydrogens (tertiary/aromatic N) is 1. The molecule has 2 heterocycles. The monoisotopic (exact) mass is 410 g/mol. The second-order valence-electron chi connectivity index (χ2n) is 6.55. The van der Waals surface area contributed by atoms with Crippen molar-refractivity contribution in [2.24, 2.45) is 5.92 Å². The summed E-state index contributed by atoms with van der Waals surface area (Å²) in [7, 11) is 0. The molecule has 2 aliphatic rings. The van der Waals surface area contributed by atoms with E-state index in [0.717, 1.165) is 24.2 Å². The van der Waals surface area contributed by atoms with Crippen LogP contribution in [0.4, 0.5) is 10.5 Å². The molecule has 2 atom stereocenters. The Hall–Kier alpha value is -2.16. The summed E-state index contributed by atoms with van der Waals surface area (Å²) in [6, 6.07) is 0.893. The second-order valence-corrected chi connectivity index (χ2v) is 7.46. The number of hydrogen-bond acceptors (Lipinski definition) is 4. The van der Waals surface area contributed by atoms with Crippen LogP contribution >= 0.6 is 15.9 Å². The molecule has 1 spiro atoms. The minimum atomic E-state index is -0.900. The van der Waals surface area contributed by atoms with E-state index in [9.17, 15) is 19.2 Å². The highest BCUT2D eigenvalue weighted by Gasteiger charge is 2.55. The average Bonchev–Trinajstić information content (AvgIpc) is 2.79. The number of rotatable bonds is 3. The van der Waals surface area contributed by atoms with Gasteiger partial charge in [-0.1, -0.05) is 19.8 Å². The lowest BCUT2D eigenvalue weighted by Gasteiger charge is -2.36. The van der Waals surface area contributed by atoms with Crippen molar-refractivity contribution in [1.29, 1.82) is 0 Å². The predicted molar refractivity (Wildman–Crippen MR) is 94.0 cm³/mol. The van der Waals surface area contributed by atoms with Crippen LogP contribution < -0.4 is 16.2 Å². The van der Waals surface area contributed by atoms with Crippen molar-refractivity contribution < 1.29 is 14.4 Å². The van der Waals surface area contributed by atoms with E-state index >= 15 is 0 Å². The molecule has 2 unspecified atom stereocenters. The summed E-state index contributed by atoms with van der Waals surface area (Å²) in [5, 5.41) is 5.23. The molecule has 3 N–H and O–H groups in total. The standard InChI is InChI=1S/C16H19BrN4O4/c1-9-4-2-3-5-16(9)14(24)21(15(25)20-16)8-12(22)19-11-6-10(17)7-18-13(11)23/h6-7,9H,2-5,8H2,1H3,(H,18,23)(H,19,22)(H,20,25). The van der Waals surface area contributed by atoms with Crippen molar-refractivity contribution in [2.45, 2.75) is 38.1 Å². The fourth-order valence-corrected chi connectivity index (χ4v) is 3.87. The molecule has 1 aliphatic heterocycles. The largest absolute Gasteiger partial charge is 0.326 e. The maximum absolute atomic E-state index is 12.8. The van der Waals surface area contributed by atoms with E-state index in [1.54, 1.807) is 0 Å². The Balaban J connectivity index is 1.73. The summed E-state index contributed by atoms with van der Waals surface area (Å²) in [5.41, 5.74) is -1.32. The van der Waals surface area contributed by atoms with E-state index < -0.39 is 29.6 Å². The minimum absolute atomic E-state index is 0.0266.